The van der Waals surface area contributed by atoms with E-state index in [1.165, 1.54) is 23.5 Å². The normalized spacial score (nSPS) is 11.0. The van der Waals surface area contributed by atoms with Crippen LogP contribution in [0.25, 0.3) is 16.2 Å². The van der Waals surface area contributed by atoms with Crippen LogP contribution in [0.5, 0.6) is 0 Å². The minimum absolute atomic E-state index is 0.273. The number of hydrogen-bond acceptors (Lipinski definition) is 5. The highest BCUT2D eigenvalue weighted by atomic mass is 32.1. The maximum absolute atomic E-state index is 13.3. The number of benzene rings is 1. The molecule has 3 aromatic heterocycles. The van der Waals surface area contributed by atoms with Crippen molar-refractivity contribution in [1.29, 1.82) is 0 Å². The molecule has 1 aromatic carbocycles. The molecule has 23 heavy (non-hydrogen) atoms. The number of halogens is 1. The van der Waals surface area contributed by atoms with Gasteiger partial charge in [-0.05, 0) is 23.8 Å². The van der Waals surface area contributed by atoms with Gasteiger partial charge in [-0.2, -0.15) is 0 Å². The molecule has 1 N–H and O–H groups in total. The number of nitrogens with one attached hydrogen (secondary N) is 1. The Morgan fingerprint density at radius 2 is 2.17 bits per heavy atom. The number of imidazole rings is 1. The molecule has 0 aliphatic heterocycles. The summed E-state index contributed by atoms with van der Waals surface area (Å²) < 4.78 is 15.0. The summed E-state index contributed by atoms with van der Waals surface area (Å²) in [6, 6.07) is 10.3. The topological polar surface area (TPSA) is 55.1 Å². The zero-order chi connectivity index (χ0) is 15.6. The van der Waals surface area contributed by atoms with E-state index >= 15 is 0 Å². The summed E-state index contributed by atoms with van der Waals surface area (Å²) in [5.74, 6) is -0.273. The van der Waals surface area contributed by atoms with Crippen LogP contribution in [0.2, 0.25) is 0 Å². The van der Waals surface area contributed by atoms with Crippen molar-refractivity contribution in [3.63, 3.8) is 0 Å². The van der Waals surface area contributed by atoms with Crippen LogP contribution >= 0.6 is 11.3 Å². The number of aromatic nitrogens is 4. The van der Waals surface area contributed by atoms with Crippen LogP contribution in [-0.2, 0) is 6.54 Å². The van der Waals surface area contributed by atoms with E-state index in [4.69, 9.17) is 0 Å². The van der Waals surface area contributed by atoms with Crippen molar-refractivity contribution in [2.45, 2.75) is 6.54 Å². The molecule has 0 bridgehead atoms. The molecule has 0 unspecified atom stereocenters. The van der Waals surface area contributed by atoms with Crippen LogP contribution in [0.3, 0.4) is 0 Å². The Kier molecular flexibility index (Phi) is 3.47. The van der Waals surface area contributed by atoms with Gasteiger partial charge in [0, 0.05) is 24.5 Å². The van der Waals surface area contributed by atoms with E-state index < -0.39 is 0 Å². The molecular weight excluding hydrogens is 313 g/mol. The number of rotatable bonds is 4. The highest BCUT2D eigenvalue weighted by molar-refractivity contribution is 7.20. The third-order valence-electron chi connectivity index (χ3n) is 3.33. The van der Waals surface area contributed by atoms with Crippen molar-refractivity contribution in [3.8, 4) is 11.3 Å². The molecule has 4 rings (SSSR count). The summed E-state index contributed by atoms with van der Waals surface area (Å²) in [6.07, 6.45) is 5.36. The molecule has 0 radical (unpaired) electrons. The zero-order valence-electron chi connectivity index (χ0n) is 12.0. The number of anilines is 1. The molecule has 0 spiro atoms. The van der Waals surface area contributed by atoms with Crippen LogP contribution in [0.15, 0.2) is 55.0 Å². The maximum atomic E-state index is 13.3. The minimum atomic E-state index is -0.273. The average Bonchev–Trinajstić information content (AvgIpc) is 3.12. The molecule has 3 heterocycles. The summed E-state index contributed by atoms with van der Waals surface area (Å²) in [6.45, 7) is 0.654. The average molecular weight is 325 g/mol. The minimum Gasteiger partial charge on any atom is -0.356 e. The Balaban J connectivity index is 1.55. The summed E-state index contributed by atoms with van der Waals surface area (Å²) in [5.41, 5.74) is 2.54. The van der Waals surface area contributed by atoms with E-state index in [0.717, 1.165) is 21.2 Å². The van der Waals surface area contributed by atoms with Gasteiger partial charge in [-0.15, -0.1) is 5.10 Å². The Labute approximate surface area is 135 Å². The predicted octanol–water partition coefficient (Wildman–Crippen LogP) is 3.60. The first-order chi connectivity index (χ1) is 11.3. The lowest BCUT2D eigenvalue weighted by Crippen LogP contribution is -1.99. The molecule has 0 amide bonds. The Morgan fingerprint density at radius 1 is 1.22 bits per heavy atom. The second kappa shape index (κ2) is 5.77. The molecular formula is C16H12FN5S. The molecule has 0 aliphatic carbocycles. The lowest BCUT2D eigenvalue weighted by atomic mass is 10.2. The monoisotopic (exact) mass is 325 g/mol. The SMILES string of the molecule is Fc1cccc(-c2cn3nc(NCc4cccnc4)sc3n2)c1. The van der Waals surface area contributed by atoms with Gasteiger partial charge in [-0.3, -0.25) is 4.98 Å². The van der Waals surface area contributed by atoms with Gasteiger partial charge in [0.1, 0.15) is 5.82 Å². The second-order valence-corrected chi connectivity index (χ2v) is 5.94. The van der Waals surface area contributed by atoms with Crippen molar-refractivity contribution < 1.29 is 4.39 Å². The summed E-state index contributed by atoms with van der Waals surface area (Å²) in [5, 5.41) is 8.47. The predicted molar refractivity (Wildman–Crippen MR) is 87.8 cm³/mol. The largest absolute Gasteiger partial charge is 0.356 e. The zero-order valence-corrected chi connectivity index (χ0v) is 12.8. The fourth-order valence-electron chi connectivity index (χ4n) is 2.24. The van der Waals surface area contributed by atoms with Crippen LogP contribution in [0, 0.1) is 5.82 Å². The second-order valence-electron chi connectivity index (χ2n) is 4.99. The van der Waals surface area contributed by atoms with Crippen molar-refractivity contribution >= 4 is 21.4 Å². The quantitative estimate of drug-likeness (QED) is 0.623. The Bertz CT molecular complexity index is 916. The number of hydrogen-bond donors (Lipinski definition) is 1. The summed E-state index contributed by atoms with van der Waals surface area (Å²) in [7, 11) is 0. The van der Waals surface area contributed by atoms with E-state index in [9.17, 15) is 4.39 Å². The van der Waals surface area contributed by atoms with E-state index in [2.05, 4.69) is 20.4 Å². The van der Waals surface area contributed by atoms with Crippen LogP contribution in [0.4, 0.5) is 9.52 Å². The van der Waals surface area contributed by atoms with E-state index in [1.54, 1.807) is 23.0 Å². The van der Waals surface area contributed by atoms with Crippen LogP contribution in [0.1, 0.15) is 5.56 Å². The van der Waals surface area contributed by atoms with Gasteiger partial charge in [0.25, 0.3) is 0 Å². The molecule has 0 saturated heterocycles. The summed E-state index contributed by atoms with van der Waals surface area (Å²) >= 11 is 1.45. The standard InChI is InChI=1S/C16H12FN5S/c17-13-5-1-4-12(7-13)14-10-22-16(20-14)23-15(21-22)19-9-11-3-2-6-18-8-11/h1-8,10H,9H2,(H,19,21). The van der Waals surface area contributed by atoms with Gasteiger partial charge in [-0.25, -0.2) is 13.9 Å². The Hall–Kier alpha value is -2.80. The van der Waals surface area contributed by atoms with Gasteiger partial charge in [0.15, 0.2) is 0 Å². The van der Waals surface area contributed by atoms with Crippen LogP contribution < -0.4 is 5.32 Å². The fourth-order valence-corrected chi connectivity index (χ4v) is 3.02. The van der Waals surface area contributed by atoms with E-state index in [0.29, 0.717) is 12.2 Å². The third kappa shape index (κ3) is 2.91. The van der Waals surface area contributed by atoms with Gasteiger partial charge in [0.05, 0.1) is 11.9 Å². The van der Waals surface area contributed by atoms with E-state index in [-0.39, 0.29) is 5.82 Å². The molecule has 4 aromatic rings. The highest BCUT2D eigenvalue weighted by Gasteiger charge is 2.10. The smallest absolute Gasteiger partial charge is 0.214 e. The number of fused-ring (bicyclic) bond motifs is 1. The van der Waals surface area contributed by atoms with Crippen LogP contribution in [-0.4, -0.2) is 19.6 Å². The lowest BCUT2D eigenvalue weighted by Gasteiger charge is -2.00. The first-order valence-electron chi connectivity index (χ1n) is 7.03. The molecule has 0 aliphatic rings. The maximum Gasteiger partial charge on any atom is 0.214 e. The van der Waals surface area contributed by atoms with Gasteiger partial charge < -0.3 is 5.32 Å². The van der Waals surface area contributed by atoms with Crippen molar-refractivity contribution in [2.24, 2.45) is 0 Å². The van der Waals surface area contributed by atoms with Gasteiger partial charge in [-0.1, -0.05) is 29.5 Å². The third-order valence-corrected chi connectivity index (χ3v) is 4.21. The van der Waals surface area contributed by atoms with Crippen molar-refractivity contribution in [1.82, 2.24) is 19.6 Å². The number of pyridine rings is 1. The van der Waals surface area contributed by atoms with Crippen molar-refractivity contribution in [2.75, 3.05) is 5.32 Å². The Morgan fingerprint density at radius 3 is 2.96 bits per heavy atom. The van der Waals surface area contributed by atoms with Gasteiger partial charge >= 0.3 is 0 Å². The molecule has 114 valence electrons. The first-order valence-corrected chi connectivity index (χ1v) is 7.84. The first kappa shape index (κ1) is 13.8. The molecule has 0 saturated carbocycles. The van der Waals surface area contributed by atoms with Gasteiger partial charge in [0.2, 0.25) is 10.1 Å². The lowest BCUT2D eigenvalue weighted by molar-refractivity contribution is 0.628. The molecule has 7 heteroatoms. The molecule has 5 nitrogen and oxygen atoms in total. The molecule has 0 atom stereocenters. The highest BCUT2D eigenvalue weighted by Crippen LogP contribution is 2.25. The fraction of sp³-hybridized carbons (Fsp3) is 0.0625. The van der Waals surface area contributed by atoms with Crippen molar-refractivity contribution in [3.05, 3.63) is 66.4 Å². The number of nitrogens with zero attached hydrogens (tertiary/aromatic N) is 4. The summed E-state index contributed by atoms with van der Waals surface area (Å²) in [4.78, 5) is 9.34. The molecule has 0 fully saturated rings. The van der Waals surface area contributed by atoms with E-state index in [1.807, 2.05) is 24.4 Å².